The minimum absolute atomic E-state index is 0.467. The van der Waals surface area contributed by atoms with Crippen LogP contribution in [-0.4, -0.2) is 50.6 Å². The lowest BCUT2D eigenvalue weighted by Gasteiger charge is -2.53. The van der Waals surface area contributed by atoms with Crippen LogP contribution in [0, 0.1) is 16.7 Å². The summed E-state index contributed by atoms with van der Waals surface area (Å²) in [5, 5.41) is 21.8. The van der Waals surface area contributed by atoms with E-state index in [0.717, 1.165) is 59.8 Å². The van der Waals surface area contributed by atoms with Crippen LogP contribution in [0.4, 0.5) is 5.82 Å². The van der Waals surface area contributed by atoms with Crippen molar-refractivity contribution in [3.05, 3.63) is 54.7 Å². The van der Waals surface area contributed by atoms with Crippen molar-refractivity contribution < 1.29 is 0 Å². The van der Waals surface area contributed by atoms with E-state index in [9.17, 15) is 5.26 Å². The van der Waals surface area contributed by atoms with Gasteiger partial charge in [0.1, 0.15) is 11.9 Å². The molecule has 0 unspecified atom stereocenters. The largest absolute Gasteiger partial charge is 0.355 e. The van der Waals surface area contributed by atoms with E-state index in [-0.39, 0.29) is 0 Å². The molecule has 0 amide bonds. The van der Waals surface area contributed by atoms with E-state index in [0.29, 0.717) is 11.0 Å². The van der Waals surface area contributed by atoms with Gasteiger partial charge in [-0.25, -0.2) is 9.50 Å². The Hall–Kier alpha value is -3.70. The molecule has 2 fully saturated rings. The summed E-state index contributed by atoms with van der Waals surface area (Å²) in [5.41, 5.74) is 5.73. The van der Waals surface area contributed by atoms with Crippen LogP contribution in [0.1, 0.15) is 18.4 Å². The summed E-state index contributed by atoms with van der Waals surface area (Å²) < 4.78 is 3.56. The van der Waals surface area contributed by atoms with Gasteiger partial charge in [-0.2, -0.15) is 15.5 Å². The molecule has 4 aromatic rings. The molecule has 4 aromatic heterocycles. The van der Waals surface area contributed by atoms with Crippen molar-refractivity contribution in [1.29, 1.82) is 5.26 Å². The Bertz CT molecular complexity index is 1330. The standard InChI is InChI=1S/C24H24N8/c1-30-13-20(12-28-30)18-8-21(23-19(9-25)11-29-32(23)14-18)17-2-3-22(27-10-17)31-15-24(16-31)4-6-26-7-5-24/h2-3,8,10-14,26H,4-7,15-16H2,1H3. The fraction of sp³-hybridized carbons (Fsp3) is 0.333. The highest BCUT2D eigenvalue weighted by atomic mass is 15.3. The number of nitrogens with zero attached hydrogens (tertiary/aromatic N) is 7. The molecule has 2 saturated heterocycles. The number of nitriles is 1. The minimum atomic E-state index is 0.467. The molecule has 160 valence electrons. The number of nitrogens with one attached hydrogen (secondary N) is 1. The SMILES string of the molecule is Cn1cc(-c2cc(-c3ccc(N4CC5(CCNCC5)C4)nc3)c3c(C#N)cnn3c2)cn1. The highest BCUT2D eigenvalue weighted by Gasteiger charge is 2.43. The second kappa shape index (κ2) is 7.18. The zero-order chi connectivity index (χ0) is 21.7. The molecule has 6 rings (SSSR count). The van der Waals surface area contributed by atoms with Crippen LogP contribution in [0.2, 0.25) is 0 Å². The first-order valence-electron chi connectivity index (χ1n) is 11.0. The summed E-state index contributed by atoms with van der Waals surface area (Å²) >= 11 is 0. The Balaban J connectivity index is 1.36. The van der Waals surface area contributed by atoms with Gasteiger partial charge in [0.15, 0.2) is 0 Å². The van der Waals surface area contributed by atoms with Crippen LogP contribution >= 0.6 is 0 Å². The third kappa shape index (κ3) is 3.05. The smallest absolute Gasteiger partial charge is 0.128 e. The van der Waals surface area contributed by atoms with Crippen LogP contribution in [0.3, 0.4) is 0 Å². The lowest BCUT2D eigenvalue weighted by Crippen LogP contribution is -2.60. The van der Waals surface area contributed by atoms with Gasteiger partial charge in [-0.05, 0) is 44.1 Å². The predicted octanol–water partition coefficient (Wildman–Crippen LogP) is 2.86. The first kappa shape index (κ1) is 19.0. The average Bonchev–Trinajstić information content (AvgIpc) is 3.43. The number of aromatic nitrogens is 5. The molecule has 2 aliphatic rings. The number of hydrogen-bond donors (Lipinski definition) is 1. The predicted molar refractivity (Wildman–Crippen MR) is 122 cm³/mol. The molecule has 0 aromatic carbocycles. The van der Waals surface area contributed by atoms with Crippen molar-refractivity contribution in [2.45, 2.75) is 12.8 Å². The summed E-state index contributed by atoms with van der Waals surface area (Å²) in [6.07, 6.45) is 11.8. The van der Waals surface area contributed by atoms with Crippen molar-refractivity contribution in [2.75, 3.05) is 31.1 Å². The maximum Gasteiger partial charge on any atom is 0.128 e. The van der Waals surface area contributed by atoms with Crippen molar-refractivity contribution in [3.63, 3.8) is 0 Å². The van der Waals surface area contributed by atoms with Gasteiger partial charge in [-0.1, -0.05) is 0 Å². The first-order valence-corrected chi connectivity index (χ1v) is 11.0. The molecule has 8 nitrogen and oxygen atoms in total. The zero-order valence-electron chi connectivity index (χ0n) is 18.0. The number of pyridine rings is 2. The van der Waals surface area contributed by atoms with Crippen LogP contribution in [0.5, 0.6) is 0 Å². The first-order chi connectivity index (χ1) is 15.6. The maximum absolute atomic E-state index is 9.62. The molecule has 0 saturated carbocycles. The molecule has 6 heterocycles. The van der Waals surface area contributed by atoms with E-state index in [1.54, 1.807) is 15.4 Å². The number of piperidine rings is 1. The van der Waals surface area contributed by atoms with Crippen LogP contribution in [-0.2, 0) is 7.05 Å². The average molecular weight is 425 g/mol. The maximum atomic E-state index is 9.62. The van der Waals surface area contributed by atoms with Crippen molar-refractivity contribution in [3.8, 4) is 28.3 Å². The van der Waals surface area contributed by atoms with E-state index >= 15 is 0 Å². The number of fused-ring (bicyclic) bond motifs is 1. The van der Waals surface area contributed by atoms with Gasteiger partial charge in [0.05, 0.1) is 23.5 Å². The molecule has 8 heteroatoms. The van der Waals surface area contributed by atoms with Crippen molar-refractivity contribution in [2.24, 2.45) is 12.5 Å². The van der Waals surface area contributed by atoms with Gasteiger partial charge in [-0.3, -0.25) is 4.68 Å². The van der Waals surface area contributed by atoms with E-state index in [1.165, 1.54) is 12.8 Å². The van der Waals surface area contributed by atoms with Crippen molar-refractivity contribution in [1.82, 2.24) is 29.7 Å². The Labute approximate surface area is 186 Å². The Kier molecular flexibility index (Phi) is 4.26. The normalized spacial score (nSPS) is 17.4. The molecule has 0 radical (unpaired) electrons. The van der Waals surface area contributed by atoms with E-state index in [2.05, 4.69) is 44.7 Å². The Morgan fingerprint density at radius 3 is 2.53 bits per heavy atom. The van der Waals surface area contributed by atoms with Gasteiger partial charge >= 0.3 is 0 Å². The van der Waals surface area contributed by atoms with E-state index in [1.807, 2.05) is 31.8 Å². The molecule has 1 spiro atoms. The molecule has 1 N–H and O–H groups in total. The quantitative estimate of drug-likeness (QED) is 0.544. The third-order valence-corrected chi connectivity index (χ3v) is 6.87. The van der Waals surface area contributed by atoms with Gasteiger partial charge in [0.2, 0.25) is 0 Å². The lowest BCUT2D eigenvalue weighted by atomic mass is 9.72. The van der Waals surface area contributed by atoms with E-state index < -0.39 is 0 Å². The van der Waals surface area contributed by atoms with E-state index in [4.69, 9.17) is 4.98 Å². The topological polar surface area (TPSA) is 87.1 Å². The molecule has 32 heavy (non-hydrogen) atoms. The third-order valence-electron chi connectivity index (χ3n) is 6.87. The number of rotatable bonds is 3. The summed E-state index contributed by atoms with van der Waals surface area (Å²) in [6.45, 7) is 4.41. The van der Waals surface area contributed by atoms with Gasteiger partial charge in [0.25, 0.3) is 0 Å². The van der Waals surface area contributed by atoms with Gasteiger partial charge in [0, 0.05) is 66.4 Å². The molecule has 0 atom stereocenters. The Morgan fingerprint density at radius 1 is 1.00 bits per heavy atom. The fourth-order valence-electron chi connectivity index (χ4n) is 5.08. The van der Waals surface area contributed by atoms with Gasteiger partial charge < -0.3 is 10.2 Å². The second-order valence-electron chi connectivity index (χ2n) is 9.02. The highest BCUT2D eigenvalue weighted by Crippen LogP contribution is 2.41. The summed E-state index contributed by atoms with van der Waals surface area (Å²) in [5.74, 6) is 1.02. The number of anilines is 1. The van der Waals surface area contributed by atoms with Crippen molar-refractivity contribution >= 4 is 11.3 Å². The molecular weight excluding hydrogens is 400 g/mol. The fourth-order valence-corrected chi connectivity index (χ4v) is 5.08. The minimum Gasteiger partial charge on any atom is -0.355 e. The Morgan fingerprint density at radius 2 is 1.84 bits per heavy atom. The van der Waals surface area contributed by atoms with Gasteiger partial charge in [-0.15, -0.1) is 0 Å². The number of aryl methyl sites for hydroxylation is 1. The summed E-state index contributed by atoms with van der Waals surface area (Å²) in [7, 11) is 1.90. The van der Waals surface area contributed by atoms with Crippen LogP contribution in [0.25, 0.3) is 27.8 Å². The molecule has 0 aliphatic carbocycles. The molecule has 2 aliphatic heterocycles. The van der Waals surface area contributed by atoms with Crippen LogP contribution < -0.4 is 10.2 Å². The van der Waals surface area contributed by atoms with Crippen LogP contribution in [0.15, 0.2) is 49.2 Å². The zero-order valence-corrected chi connectivity index (χ0v) is 18.0. The highest BCUT2D eigenvalue weighted by molar-refractivity contribution is 5.87. The monoisotopic (exact) mass is 424 g/mol. The second-order valence-corrected chi connectivity index (χ2v) is 9.02. The summed E-state index contributed by atoms with van der Waals surface area (Å²) in [6, 6.07) is 8.57. The summed E-state index contributed by atoms with van der Waals surface area (Å²) in [4.78, 5) is 7.16. The number of hydrogen-bond acceptors (Lipinski definition) is 6. The molecule has 0 bridgehead atoms. The lowest BCUT2D eigenvalue weighted by molar-refractivity contribution is 0.149. The molecular formula is C24H24N8.